The number of anilines is 2. The van der Waals surface area contributed by atoms with Gasteiger partial charge in [0.1, 0.15) is 16.5 Å². The first kappa shape index (κ1) is 29.4. The van der Waals surface area contributed by atoms with Gasteiger partial charge in [0.05, 0.1) is 0 Å². The van der Waals surface area contributed by atoms with Crippen LogP contribution in [0.4, 0.5) is 42.1 Å². The summed E-state index contributed by atoms with van der Waals surface area (Å²) in [4.78, 5) is 26.1. The van der Waals surface area contributed by atoms with Gasteiger partial charge in [0.25, 0.3) is 0 Å². The van der Waals surface area contributed by atoms with E-state index in [0.29, 0.717) is 16.1 Å². The van der Waals surface area contributed by atoms with E-state index in [2.05, 4.69) is 5.32 Å². The fourth-order valence-electron chi connectivity index (χ4n) is 4.44. The number of hydrogen-bond donors (Lipinski definition) is 2. The Labute approximate surface area is 229 Å². The summed E-state index contributed by atoms with van der Waals surface area (Å²) in [5, 5.41) is 3.35. The first-order valence-electron chi connectivity index (χ1n) is 12.3. The molecule has 1 atom stereocenters. The quantitative estimate of drug-likeness (QED) is 0.167. The molecule has 3 aromatic rings. The van der Waals surface area contributed by atoms with Gasteiger partial charge in [0.2, 0.25) is 11.8 Å². The molecule has 212 valence electrons. The van der Waals surface area contributed by atoms with Crippen LogP contribution >= 0.6 is 11.8 Å². The molecule has 0 heterocycles. The van der Waals surface area contributed by atoms with Gasteiger partial charge in [-0.25, -0.2) is 17.6 Å². The number of halogens is 7. The molecular formula is C28H23F7N2O2S. The first-order valence-corrected chi connectivity index (χ1v) is 13.2. The van der Waals surface area contributed by atoms with Crippen LogP contribution in [-0.4, -0.2) is 11.8 Å². The zero-order valence-corrected chi connectivity index (χ0v) is 21.6. The predicted octanol–water partition coefficient (Wildman–Crippen LogP) is 8.25. The van der Waals surface area contributed by atoms with Gasteiger partial charge in [-0.05, 0) is 42.7 Å². The molecule has 4 nitrogen and oxygen atoms in total. The second-order valence-corrected chi connectivity index (χ2v) is 10.4. The molecule has 1 aliphatic carbocycles. The van der Waals surface area contributed by atoms with Crippen LogP contribution in [0.5, 0.6) is 0 Å². The summed E-state index contributed by atoms with van der Waals surface area (Å²) in [5.74, 6) is -11.4. The molecule has 0 bridgehead atoms. The molecule has 2 N–H and O–H groups in total. The highest BCUT2D eigenvalue weighted by Crippen LogP contribution is 2.40. The number of hydrogen-bond acceptors (Lipinski definition) is 3. The van der Waals surface area contributed by atoms with Crippen molar-refractivity contribution in [2.24, 2.45) is 5.92 Å². The summed E-state index contributed by atoms with van der Waals surface area (Å²) in [6.07, 6.45) is -0.966. The van der Waals surface area contributed by atoms with Crippen molar-refractivity contribution >= 4 is 35.0 Å². The molecule has 40 heavy (non-hydrogen) atoms. The maximum atomic E-state index is 14.4. The summed E-state index contributed by atoms with van der Waals surface area (Å²) in [5.41, 5.74) is -3.53. The molecule has 1 saturated carbocycles. The largest absolute Gasteiger partial charge is 0.422 e. The van der Waals surface area contributed by atoms with Crippen molar-refractivity contribution in [1.29, 1.82) is 0 Å². The maximum absolute atomic E-state index is 14.4. The van der Waals surface area contributed by atoms with Crippen LogP contribution < -0.4 is 10.6 Å². The van der Waals surface area contributed by atoms with Crippen molar-refractivity contribution in [2.75, 3.05) is 10.6 Å². The second-order valence-electron chi connectivity index (χ2n) is 9.25. The Balaban J connectivity index is 1.56. The Hall–Kier alpha value is -3.54. The van der Waals surface area contributed by atoms with Gasteiger partial charge in [-0.1, -0.05) is 49.6 Å². The van der Waals surface area contributed by atoms with E-state index in [1.54, 1.807) is 47.8 Å². The number of nitrogens with one attached hydrogen (secondary N) is 2. The summed E-state index contributed by atoms with van der Waals surface area (Å²) in [6.45, 7) is 0. The summed E-state index contributed by atoms with van der Waals surface area (Å²) in [6, 6.07) is 14.3. The lowest BCUT2D eigenvalue weighted by Gasteiger charge is -2.21. The Morgan fingerprint density at radius 3 is 1.90 bits per heavy atom. The van der Waals surface area contributed by atoms with E-state index in [9.17, 15) is 40.3 Å². The van der Waals surface area contributed by atoms with Gasteiger partial charge >= 0.3 is 6.18 Å². The van der Waals surface area contributed by atoms with E-state index in [4.69, 9.17) is 0 Å². The molecule has 0 aromatic heterocycles. The highest BCUT2D eigenvalue weighted by molar-refractivity contribution is 8.00. The van der Waals surface area contributed by atoms with Crippen molar-refractivity contribution in [1.82, 2.24) is 0 Å². The fourth-order valence-corrected chi connectivity index (χ4v) is 5.47. The lowest BCUT2D eigenvalue weighted by Crippen LogP contribution is -2.24. The Morgan fingerprint density at radius 1 is 0.775 bits per heavy atom. The van der Waals surface area contributed by atoms with Crippen molar-refractivity contribution in [3.63, 3.8) is 0 Å². The minimum absolute atomic E-state index is 0.0605. The zero-order valence-electron chi connectivity index (χ0n) is 20.8. The minimum atomic E-state index is -5.71. The number of amides is 2. The molecule has 0 spiro atoms. The molecule has 1 unspecified atom stereocenters. The predicted molar refractivity (Wildman–Crippen MR) is 137 cm³/mol. The number of carbonyl (C=O) groups excluding carboxylic acids is 2. The highest BCUT2D eigenvalue weighted by Gasteiger charge is 2.42. The van der Waals surface area contributed by atoms with Crippen molar-refractivity contribution in [3.05, 3.63) is 89.0 Å². The minimum Gasteiger partial charge on any atom is -0.326 e. The van der Waals surface area contributed by atoms with E-state index >= 15 is 0 Å². The fraction of sp³-hybridized carbons (Fsp3) is 0.286. The monoisotopic (exact) mass is 584 g/mol. The standard InChI is InChI=1S/C28H23F7N2O2S/c29-20-19(28(33,34)35)21(30)23(32)24(22(20)31)37-27(39)25(15-7-3-1-4-8-15)40-18-13-11-17(12-14-18)36-26(38)16-9-5-2-6-10-16/h1,3-4,7-8,11-14,16,25H,2,5-6,9-10H2,(H,36,38)(H,37,39). The SMILES string of the molecule is O=C(Nc1ccc(SC(C(=O)Nc2c(F)c(F)c(C(F)(F)F)c(F)c2F)c2ccccc2)cc1)C1CCCCC1. The van der Waals surface area contributed by atoms with E-state index < -0.39 is 51.9 Å². The van der Waals surface area contributed by atoms with E-state index in [1.165, 1.54) is 12.1 Å². The van der Waals surface area contributed by atoms with E-state index in [1.807, 2.05) is 0 Å². The van der Waals surface area contributed by atoms with Crippen molar-refractivity contribution in [3.8, 4) is 0 Å². The van der Waals surface area contributed by atoms with Crippen molar-refractivity contribution in [2.45, 2.75) is 48.4 Å². The Morgan fingerprint density at radius 2 is 1.35 bits per heavy atom. The maximum Gasteiger partial charge on any atom is 0.422 e. The smallest absolute Gasteiger partial charge is 0.326 e. The third-order valence-corrected chi connectivity index (χ3v) is 7.75. The number of alkyl halides is 3. The third-order valence-electron chi connectivity index (χ3n) is 6.49. The molecule has 2 amide bonds. The molecule has 0 aliphatic heterocycles. The van der Waals surface area contributed by atoms with E-state index in [-0.39, 0.29) is 11.8 Å². The third kappa shape index (κ3) is 6.60. The summed E-state index contributed by atoms with van der Waals surface area (Å²) in [7, 11) is 0. The van der Waals surface area contributed by atoms with Crippen LogP contribution in [-0.2, 0) is 15.8 Å². The first-order chi connectivity index (χ1) is 19.0. The second kappa shape index (κ2) is 12.3. The molecule has 0 radical (unpaired) electrons. The van der Waals surface area contributed by atoms with Gasteiger partial charge in [-0.15, -0.1) is 11.8 Å². The van der Waals surface area contributed by atoms with Crippen LogP contribution in [0.15, 0.2) is 59.5 Å². The molecular weight excluding hydrogens is 561 g/mol. The van der Waals surface area contributed by atoms with Gasteiger partial charge in [0.15, 0.2) is 23.3 Å². The summed E-state index contributed by atoms with van der Waals surface area (Å²) >= 11 is 0.915. The highest BCUT2D eigenvalue weighted by atomic mass is 32.2. The molecule has 3 aromatic carbocycles. The van der Waals surface area contributed by atoms with Gasteiger partial charge in [-0.2, -0.15) is 13.2 Å². The molecule has 0 saturated heterocycles. The molecule has 1 fully saturated rings. The van der Waals surface area contributed by atoms with Crippen LogP contribution in [0.1, 0.15) is 48.5 Å². The Bertz CT molecular complexity index is 1350. The van der Waals surface area contributed by atoms with Gasteiger partial charge < -0.3 is 10.6 Å². The van der Waals surface area contributed by atoms with Gasteiger partial charge in [-0.3, -0.25) is 9.59 Å². The van der Waals surface area contributed by atoms with Gasteiger partial charge in [0, 0.05) is 16.5 Å². The van der Waals surface area contributed by atoms with Crippen LogP contribution in [0, 0.1) is 29.2 Å². The molecule has 12 heteroatoms. The molecule has 4 rings (SSSR count). The summed E-state index contributed by atoms with van der Waals surface area (Å²) < 4.78 is 95.8. The number of carbonyl (C=O) groups is 2. The van der Waals surface area contributed by atoms with Crippen LogP contribution in [0.2, 0.25) is 0 Å². The lowest BCUT2D eigenvalue weighted by atomic mass is 9.88. The Kier molecular flexibility index (Phi) is 9.07. The normalized spacial score (nSPS) is 15.0. The number of benzene rings is 3. The van der Waals surface area contributed by atoms with Crippen LogP contribution in [0.3, 0.4) is 0 Å². The van der Waals surface area contributed by atoms with E-state index in [0.717, 1.165) is 43.9 Å². The molecule has 1 aliphatic rings. The average molecular weight is 585 g/mol. The topological polar surface area (TPSA) is 58.2 Å². The van der Waals surface area contributed by atoms with Crippen molar-refractivity contribution < 1.29 is 40.3 Å². The van der Waals surface area contributed by atoms with Crippen LogP contribution in [0.25, 0.3) is 0 Å². The average Bonchev–Trinajstić information content (AvgIpc) is 2.94. The lowest BCUT2D eigenvalue weighted by molar-refractivity contribution is -0.143. The number of thioether (sulfide) groups is 1. The number of rotatable bonds is 7. The zero-order chi connectivity index (χ0) is 29.0.